The number of hydrogen-bond acceptors (Lipinski definition) is 3. The van der Waals surface area contributed by atoms with Crippen molar-refractivity contribution in [3.8, 4) is 0 Å². The zero-order valence-electron chi connectivity index (χ0n) is 14.4. The van der Waals surface area contributed by atoms with E-state index in [1.54, 1.807) is 6.07 Å². The van der Waals surface area contributed by atoms with Gasteiger partial charge in [0.05, 0.1) is 6.10 Å². The van der Waals surface area contributed by atoms with Crippen molar-refractivity contribution in [3.05, 3.63) is 64.5 Å². The molecule has 6 heteroatoms. The summed E-state index contributed by atoms with van der Waals surface area (Å²) in [6, 6.07) is 9.54. The van der Waals surface area contributed by atoms with E-state index in [1.165, 1.54) is 18.2 Å². The quantitative estimate of drug-likeness (QED) is 0.746. The summed E-state index contributed by atoms with van der Waals surface area (Å²) in [5, 5.41) is 14.8. The number of aryl methyl sites for hydroxylation is 3. The summed E-state index contributed by atoms with van der Waals surface area (Å²) in [6.07, 6.45) is -1.24. The molecule has 0 aliphatic rings. The zero-order valence-corrected chi connectivity index (χ0v) is 14.4. The minimum Gasteiger partial charge on any atom is -0.386 e. The van der Waals surface area contributed by atoms with Gasteiger partial charge >= 0.3 is 11.8 Å². The lowest BCUT2D eigenvalue weighted by atomic mass is 10.1. The van der Waals surface area contributed by atoms with Gasteiger partial charge in [-0.05, 0) is 38.0 Å². The molecule has 0 fully saturated rings. The third-order valence-corrected chi connectivity index (χ3v) is 3.84. The summed E-state index contributed by atoms with van der Waals surface area (Å²) in [4.78, 5) is 24.0. The highest BCUT2D eigenvalue weighted by molar-refractivity contribution is 6.39. The van der Waals surface area contributed by atoms with Crippen LogP contribution in [0.5, 0.6) is 0 Å². The van der Waals surface area contributed by atoms with Crippen molar-refractivity contribution in [3.63, 3.8) is 0 Å². The van der Waals surface area contributed by atoms with Gasteiger partial charge in [0.15, 0.2) is 0 Å². The Kier molecular flexibility index (Phi) is 5.88. The fraction of sp³-hybridized carbons (Fsp3) is 0.263. The molecule has 0 spiro atoms. The average molecular weight is 344 g/mol. The second kappa shape index (κ2) is 7.90. The number of anilines is 1. The molecule has 0 saturated heterocycles. The lowest BCUT2D eigenvalue weighted by molar-refractivity contribution is -0.136. The molecule has 3 N–H and O–H groups in total. The van der Waals surface area contributed by atoms with E-state index in [4.69, 9.17) is 0 Å². The highest BCUT2D eigenvalue weighted by Gasteiger charge is 2.19. The highest BCUT2D eigenvalue weighted by atomic mass is 19.1. The number of halogens is 1. The summed E-state index contributed by atoms with van der Waals surface area (Å²) >= 11 is 0. The maximum absolute atomic E-state index is 13.6. The SMILES string of the molecule is Cc1cc(C)c(NC(=O)C(=O)NCC(O)c2ccccc2F)c(C)c1. The van der Waals surface area contributed by atoms with Crippen LogP contribution in [0.4, 0.5) is 10.1 Å². The van der Waals surface area contributed by atoms with E-state index < -0.39 is 23.7 Å². The molecule has 0 bridgehead atoms. The van der Waals surface area contributed by atoms with Crippen LogP contribution in [0, 0.1) is 26.6 Å². The number of aliphatic hydroxyl groups excluding tert-OH is 1. The Morgan fingerprint density at radius 3 is 2.28 bits per heavy atom. The first-order valence-corrected chi connectivity index (χ1v) is 7.89. The maximum atomic E-state index is 13.6. The van der Waals surface area contributed by atoms with Crippen LogP contribution in [-0.2, 0) is 9.59 Å². The Balaban J connectivity index is 1.97. The van der Waals surface area contributed by atoms with Crippen molar-refractivity contribution >= 4 is 17.5 Å². The van der Waals surface area contributed by atoms with E-state index >= 15 is 0 Å². The third kappa shape index (κ3) is 4.64. The van der Waals surface area contributed by atoms with E-state index in [0.717, 1.165) is 16.7 Å². The second-order valence-electron chi connectivity index (χ2n) is 5.98. The molecule has 0 aromatic heterocycles. The number of carbonyl (C=O) groups is 2. The monoisotopic (exact) mass is 344 g/mol. The van der Waals surface area contributed by atoms with Crippen molar-refractivity contribution in [1.29, 1.82) is 0 Å². The Morgan fingerprint density at radius 2 is 1.68 bits per heavy atom. The van der Waals surface area contributed by atoms with E-state index in [2.05, 4.69) is 10.6 Å². The Labute approximate surface area is 145 Å². The normalized spacial score (nSPS) is 11.7. The molecular formula is C19H21FN2O3. The first-order chi connectivity index (χ1) is 11.8. The van der Waals surface area contributed by atoms with Crippen LogP contribution in [0.2, 0.25) is 0 Å². The molecule has 2 rings (SSSR count). The van der Waals surface area contributed by atoms with Crippen molar-refractivity contribution in [2.24, 2.45) is 0 Å². The van der Waals surface area contributed by atoms with Crippen molar-refractivity contribution < 1.29 is 19.1 Å². The van der Waals surface area contributed by atoms with Crippen LogP contribution < -0.4 is 10.6 Å². The largest absolute Gasteiger partial charge is 0.386 e. The van der Waals surface area contributed by atoms with Crippen LogP contribution in [-0.4, -0.2) is 23.5 Å². The van der Waals surface area contributed by atoms with Crippen LogP contribution >= 0.6 is 0 Å². The maximum Gasteiger partial charge on any atom is 0.313 e. The molecule has 0 aliphatic heterocycles. The Bertz CT molecular complexity index is 782. The summed E-state index contributed by atoms with van der Waals surface area (Å²) in [7, 11) is 0. The lowest BCUT2D eigenvalue weighted by Gasteiger charge is -2.14. The third-order valence-electron chi connectivity index (χ3n) is 3.84. The van der Waals surface area contributed by atoms with Gasteiger partial charge < -0.3 is 15.7 Å². The van der Waals surface area contributed by atoms with Gasteiger partial charge in [0.2, 0.25) is 0 Å². The fourth-order valence-corrected chi connectivity index (χ4v) is 2.67. The van der Waals surface area contributed by atoms with Gasteiger partial charge in [-0.1, -0.05) is 35.9 Å². The van der Waals surface area contributed by atoms with Gasteiger partial charge in [-0.25, -0.2) is 4.39 Å². The molecule has 0 radical (unpaired) electrons. The number of rotatable bonds is 4. The predicted octanol–water partition coefficient (Wildman–Crippen LogP) is 2.54. The Morgan fingerprint density at radius 1 is 1.08 bits per heavy atom. The second-order valence-corrected chi connectivity index (χ2v) is 5.98. The number of benzene rings is 2. The molecule has 0 saturated carbocycles. The minimum atomic E-state index is -1.24. The van der Waals surface area contributed by atoms with E-state index in [9.17, 15) is 19.1 Å². The Hall–Kier alpha value is -2.73. The van der Waals surface area contributed by atoms with Crippen molar-refractivity contribution in [1.82, 2.24) is 5.32 Å². The number of carbonyl (C=O) groups excluding carboxylic acids is 2. The predicted molar refractivity (Wildman–Crippen MR) is 93.7 cm³/mol. The molecule has 2 aromatic rings. The molecule has 5 nitrogen and oxygen atoms in total. The standard InChI is InChI=1S/C19H21FN2O3/c1-11-8-12(2)17(13(3)9-11)22-19(25)18(24)21-10-16(23)14-6-4-5-7-15(14)20/h4-9,16,23H,10H2,1-3H3,(H,21,24)(H,22,25). The van der Waals surface area contributed by atoms with E-state index in [-0.39, 0.29) is 12.1 Å². The number of nitrogens with one attached hydrogen (secondary N) is 2. The van der Waals surface area contributed by atoms with E-state index in [0.29, 0.717) is 5.69 Å². The van der Waals surface area contributed by atoms with Gasteiger partial charge in [0.1, 0.15) is 5.82 Å². The average Bonchev–Trinajstić information content (AvgIpc) is 2.55. The van der Waals surface area contributed by atoms with Crippen LogP contribution in [0.15, 0.2) is 36.4 Å². The number of hydrogen-bond donors (Lipinski definition) is 3. The highest BCUT2D eigenvalue weighted by Crippen LogP contribution is 2.21. The van der Waals surface area contributed by atoms with Crippen LogP contribution in [0.1, 0.15) is 28.4 Å². The van der Waals surface area contributed by atoms with Gasteiger partial charge in [0.25, 0.3) is 0 Å². The van der Waals surface area contributed by atoms with Crippen molar-refractivity contribution in [2.45, 2.75) is 26.9 Å². The summed E-state index contributed by atoms with van der Waals surface area (Å²) in [5.74, 6) is -2.30. The first-order valence-electron chi connectivity index (χ1n) is 7.89. The van der Waals surface area contributed by atoms with Gasteiger partial charge in [-0.2, -0.15) is 0 Å². The molecule has 1 unspecified atom stereocenters. The lowest BCUT2D eigenvalue weighted by Crippen LogP contribution is -2.38. The molecule has 1 atom stereocenters. The molecule has 132 valence electrons. The summed E-state index contributed by atoms with van der Waals surface area (Å²) in [6.45, 7) is 5.37. The van der Waals surface area contributed by atoms with Crippen molar-refractivity contribution in [2.75, 3.05) is 11.9 Å². The smallest absolute Gasteiger partial charge is 0.313 e. The van der Waals surface area contributed by atoms with Gasteiger partial charge in [-0.3, -0.25) is 9.59 Å². The molecular weight excluding hydrogens is 323 g/mol. The molecule has 2 aromatic carbocycles. The van der Waals surface area contributed by atoms with E-state index in [1.807, 2.05) is 32.9 Å². The van der Waals surface area contributed by atoms with Gasteiger partial charge in [-0.15, -0.1) is 0 Å². The number of aliphatic hydroxyl groups is 1. The molecule has 0 aliphatic carbocycles. The van der Waals surface area contributed by atoms with Crippen LogP contribution in [0.3, 0.4) is 0 Å². The van der Waals surface area contributed by atoms with Gasteiger partial charge in [0, 0.05) is 17.8 Å². The summed E-state index contributed by atoms with van der Waals surface area (Å²) < 4.78 is 13.6. The zero-order chi connectivity index (χ0) is 18.6. The molecule has 2 amide bonds. The summed E-state index contributed by atoms with van der Waals surface area (Å²) in [5.41, 5.74) is 3.41. The number of amides is 2. The fourth-order valence-electron chi connectivity index (χ4n) is 2.67. The molecule has 25 heavy (non-hydrogen) atoms. The molecule has 0 heterocycles. The first kappa shape index (κ1) is 18.6. The minimum absolute atomic E-state index is 0.0634. The van der Waals surface area contributed by atoms with Crippen LogP contribution in [0.25, 0.3) is 0 Å². The topological polar surface area (TPSA) is 78.4 Å².